The van der Waals surface area contributed by atoms with Gasteiger partial charge in [-0.25, -0.2) is 0 Å². The molecule has 0 atom stereocenters. The van der Waals surface area contributed by atoms with Crippen LogP contribution in [0.1, 0.15) is 11.3 Å². The summed E-state index contributed by atoms with van der Waals surface area (Å²) in [5, 5.41) is 7.96. The fourth-order valence-corrected chi connectivity index (χ4v) is 6.46. The molecule has 0 fully saturated rings. The van der Waals surface area contributed by atoms with Gasteiger partial charge in [0.05, 0.1) is 5.56 Å². The summed E-state index contributed by atoms with van der Waals surface area (Å²) in [6.07, 6.45) is 5.85. The van der Waals surface area contributed by atoms with Crippen molar-refractivity contribution in [2.45, 2.75) is 6.92 Å². The lowest BCUT2D eigenvalue weighted by Gasteiger charge is -2.18. The Morgan fingerprint density at radius 1 is 0.537 bits per heavy atom. The van der Waals surface area contributed by atoms with E-state index >= 15 is 0 Å². The lowest BCUT2D eigenvalue weighted by Crippen LogP contribution is -1.91. The number of fused-ring (bicyclic) bond motifs is 6. The van der Waals surface area contributed by atoms with Crippen molar-refractivity contribution < 1.29 is 8.83 Å². The van der Waals surface area contributed by atoms with E-state index in [1.165, 1.54) is 21.9 Å². The highest BCUT2D eigenvalue weighted by Crippen LogP contribution is 2.50. The number of rotatable bonds is 4. The molecule has 0 aliphatic carbocycles. The minimum atomic E-state index is 0.834. The maximum Gasteiger partial charge on any atom is 0.147 e. The van der Waals surface area contributed by atoms with Crippen molar-refractivity contribution in [3.05, 3.63) is 139 Å². The molecule has 0 radical (unpaired) electrons. The third-order valence-electron chi connectivity index (χ3n) is 8.19. The SMILES string of the molecule is C=C/C=C\c1c(C)oc2c(-c3c4ccccc4c(-c4ccccc4)c4ccccc34)c3oc4ccccc4c3cc12. The van der Waals surface area contributed by atoms with Crippen molar-refractivity contribution in [3.8, 4) is 22.3 Å². The van der Waals surface area contributed by atoms with E-state index in [-0.39, 0.29) is 0 Å². The van der Waals surface area contributed by atoms with Crippen LogP contribution in [0.2, 0.25) is 0 Å². The van der Waals surface area contributed by atoms with Crippen LogP contribution in [-0.2, 0) is 0 Å². The van der Waals surface area contributed by atoms with Crippen LogP contribution in [-0.4, -0.2) is 0 Å². The highest BCUT2D eigenvalue weighted by atomic mass is 16.3. The van der Waals surface area contributed by atoms with Crippen molar-refractivity contribution in [1.29, 1.82) is 0 Å². The first-order valence-corrected chi connectivity index (χ1v) is 13.9. The Kier molecular flexibility index (Phi) is 5.23. The van der Waals surface area contributed by atoms with Gasteiger partial charge in [0.2, 0.25) is 0 Å². The summed E-state index contributed by atoms with van der Waals surface area (Å²) in [5.74, 6) is 0.867. The van der Waals surface area contributed by atoms with E-state index in [4.69, 9.17) is 8.83 Å². The molecule has 0 bridgehead atoms. The van der Waals surface area contributed by atoms with E-state index in [0.717, 1.165) is 66.1 Å². The summed E-state index contributed by atoms with van der Waals surface area (Å²) < 4.78 is 13.3. The smallest absolute Gasteiger partial charge is 0.147 e. The van der Waals surface area contributed by atoms with Gasteiger partial charge in [-0.15, -0.1) is 0 Å². The monoisotopic (exact) mass is 526 g/mol. The Bertz CT molecular complexity index is 2270. The molecule has 0 N–H and O–H groups in total. The summed E-state index contributed by atoms with van der Waals surface area (Å²) in [4.78, 5) is 0. The number of para-hydroxylation sites is 1. The quantitative estimate of drug-likeness (QED) is 0.168. The molecule has 8 rings (SSSR count). The number of furan rings is 2. The molecule has 0 saturated carbocycles. The third kappa shape index (κ3) is 3.44. The van der Waals surface area contributed by atoms with Gasteiger partial charge in [-0.3, -0.25) is 0 Å². The highest BCUT2D eigenvalue weighted by molar-refractivity contribution is 6.28. The molecule has 2 heterocycles. The Balaban J connectivity index is 1.64. The second-order valence-electron chi connectivity index (χ2n) is 10.5. The first-order valence-electron chi connectivity index (χ1n) is 13.9. The Morgan fingerprint density at radius 3 is 1.76 bits per heavy atom. The third-order valence-corrected chi connectivity index (χ3v) is 8.19. The maximum absolute atomic E-state index is 6.69. The molecule has 2 nitrogen and oxygen atoms in total. The molecule has 8 aromatic rings. The molecule has 41 heavy (non-hydrogen) atoms. The molecule has 0 aliphatic rings. The van der Waals surface area contributed by atoms with Crippen molar-refractivity contribution in [2.24, 2.45) is 0 Å². The Labute approximate surface area is 237 Å². The van der Waals surface area contributed by atoms with Crippen molar-refractivity contribution in [3.63, 3.8) is 0 Å². The number of benzene rings is 6. The van der Waals surface area contributed by atoms with E-state index in [0.29, 0.717) is 0 Å². The normalized spacial score (nSPS) is 12.0. The molecule has 0 aliphatic heterocycles. The summed E-state index contributed by atoms with van der Waals surface area (Å²) in [6.45, 7) is 5.92. The molecule has 0 spiro atoms. The summed E-state index contributed by atoms with van der Waals surface area (Å²) in [7, 11) is 0. The van der Waals surface area contributed by atoms with Gasteiger partial charge in [-0.2, -0.15) is 0 Å². The van der Waals surface area contributed by atoms with Crippen LogP contribution in [0.4, 0.5) is 0 Å². The second-order valence-corrected chi connectivity index (χ2v) is 10.5. The lowest BCUT2D eigenvalue weighted by atomic mass is 9.85. The van der Waals surface area contributed by atoms with Crippen LogP contribution in [0.3, 0.4) is 0 Å². The number of aryl methyl sites for hydroxylation is 1. The first kappa shape index (κ1) is 23.5. The van der Waals surface area contributed by atoms with Gasteiger partial charge in [-0.1, -0.05) is 122 Å². The van der Waals surface area contributed by atoms with Crippen molar-refractivity contribution >= 4 is 60.5 Å². The largest absolute Gasteiger partial charge is 0.460 e. The van der Waals surface area contributed by atoms with Crippen LogP contribution >= 0.6 is 0 Å². The number of hydrogen-bond donors (Lipinski definition) is 0. The molecular weight excluding hydrogens is 500 g/mol. The average molecular weight is 527 g/mol. The van der Waals surface area contributed by atoms with E-state index in [9.17, 15) is 0 Å². The fourth-order valence-electron chi connectivity index (χ4n) is 6.46. The van der Waals surface area contributed by atoms with Gasteiger partial charge in [0, 0.05) is 27.3 Å². The summed E-state index contributed by atoms with van der Waals surface area (Å²) in [6, 6.07) is 38.6. The average Bonchev–Trinajstić information content (AvgIpc) is 3.54. The lowest BCUT2D eigenvalue weighted by molar-refractivity contribution is 0.577. The van der Waals surface area contributed by atoms with Crippen LogP contribution in [0.5, 0.6) is 0 Å². The minimum absolute atomic E-state index is 0.834. The van der Waals surface area contributed by atoms with Gasteiger partial charge in [0.15, 0.2) is 0 Å². The number of allylic oxidation sites excluding steroid dienone is 2. The Hall–Kier alpha value is -5.34. The molecule has 0 unspecified atom stereocenters. The van der Waals surface area contributed by atoms with Crippen molar-refractivity contribution in [2.75, 3.05) is 0 Å². The molecule has 6 aromatic carbocycles. The van der Waals surface area contributed by atoms with Gasteiger partial charge in [0.1, 0.15) is 22.5 Å². The van der Waals surface area contributed by atoms with E-state index < -0.39 is 0 Å². The van der Waals surface area contributed by atoms with E-state index in [2.05, 4.69) is 110 Å². The molecule has 0 amide bonds. The van der Waals surface area contributed by atoms with Crippen LogP contribution in [0.25, 0.3) is 82.8 Å². The maximum atomic E-state index is 6.69. The number of hydrogen-bond acceptors (Lipinski definition) is 2. The first-order chi connectivity index (χ1) is 20.2. The van der Waals surface area contributed by atoms with Crippen LogP contribution in [0, 0.1) is 6.92 Å². The van der Waals surface area contributed by atoms with Crippen LogP contribution < -0.4 is 0 Å². The Morgan fingerprint density at radius 2 is 1.10 bits per heavy atom. The van der Waals surface area contributed by atoms with Crippen LogP contribution in [0.15, 0.2) is 137 Å². The van der Waals surface area contributed by atoms with Crippen molar-refractivity contribution in [1.82, 2.24) is 0 Å². The topological polar surface area (TPSA) is 26.3 Å². The predicted octanol–water partition coefficient (Wildman–Crippen LogP) is 11.5. The second kappa shape index (κ2) is 9.11. The zero-order valence-corrected chi connectivity index (χ0v) is 22.6. The fraction of sp³-hybridized carbons (Fsp3) is 0.0256. The van der Waals surface area contributed by atoms with E-state index in [1.54, 1.807) is 6.08 Å². The molecular formula is C39H26O2. The highest BCUT2D eigenvalue weighted by Gasteiger charge is 2.25. The molecule has 2 aromatic heterocycles. The molecule has 194 valence electrons. The minimum Gasteiger partial charge on any atom is -0.460 e. The molecule has 0 saturated heterocycles. The van der Waals surface area contributed by atoms with Gasteiger partial charge >= 0.3 is 0 Å². The standard InChI is InChI=1S/C39H26O2/c1-3-4-16-26-24(2)40-38-32(26)23-33-27-17-12-13-22-34(27)41-39(33)37(38)36-30-20-10-8-18-28(30)35(25-14-6-5-7-15-25)29-19-9-11-21-31(29)36/h3-23H,1H2,2H3/b16-4-. The summed E-state index contributed by atoms with van der Waals surface area (Å²) in [5.41, 5.74) is 8.15. The molecule has 2 heteroatoms. The van der Waals surface area contributed by atoms with Gasteiger partial charge in [0.25, 0.3) is 0 Å². The zero-order chi connectivity index (χ0) is 27.5. The van der Waals surface area contributed by atoms with Gasteiger partial charge < -0.3 is 8.83 Å². The van der Waals surface area contributed by atoms with E-state index in [1.807, 2.05) is 25.1 Å². The summed E-state index contributed by atoms with van der Waals surface area (Å²) >= 11 is 0. The predicted molar refractivity (Wildman–Crippen MR) is 173 cm³/mol. The van der Waals surface area contributed by atoms with Gasteiger partial charge in [-0.05, 0) is 51.7 Å². The zero-order valence-electron chi connectivity index (χ0n) is 22.6.